The highest BCUT2D eigenvalue weighted by Crippen LogP contribution is 2.38. The lowest BCUT2D eigenvalue weighted by atomic mass is 10.0. The van der Waals surface area contributed by atoms with Gasteiger partial charge in [-0.05, 0) is 37.3 Å². The molecule has 0 atom stereocenters. The zero-order valence-electron chi connectivity index (χ0n) is 15.8. The van der Waals surface area contributed by atoms with Gasteiger partial charge in [0.15, 0.2) is 17.1 Å². The molecule has 2 heterocycles. The molecule has 8 heteroatoms. The van der Waals surface area contributed by atoms with Crippen LogP contribution in [0.25, 0.3) is 22.0 Å². The fraction of sp³-hybridized carbons (Fsp3) is 0.143. The van der Waals surface area contributed by atoms with Gasteiger partial charge in [-0.25, -0.2) is 8.78 Å². The SMILES string of the molecule is CCn1cc2c(-c3cc(N)ccc3Oc3ccc(F)cc3F)cn(C)c(=O)c2n1. The van der Waals surface area contributed by atoms with E-state index in [-0.39, 0.29) is 11.3 Å². The zero-order chi connectivity index (χ0) is 20.7. The van der Waals surface area contributed by atoms with E-state index < -0.39 is 11.6 Å². The van der Waals surface area contributed by atoms with E-state index in [1.165, 1.54) is 10.6 Å². The summed E-state index contributed by atoms with van der Waals surface area (Å²) in [7, 11) is 1.63. The van der Waals surface area contributed by atoms with Crippen LogP contribution < -0.4 is 16.0 Å². The van der Waals surface area contributed by atoms with Crippen LogP contribution in [0.3, 0.4) is 0 Å². The zero-order valence-corrected chi connectivity index (χ0v) is 15.8. The molecule has 2 aromatic heterocycles. The van der Waals surface area contributed by atoms with Crippen LogP contribution in [0.1, 0.15) is 6.92 Å². The first-order valence-electron chi connectivity index (χ1n) is 8.97. The molecule has 148 valence electrons. The lowest BCUT2D eigenvalue weighted by Gasteiger charge is -2.14. The van der Waals surface area contributed by atoms with Gasteiger partial charge < -0.3 is 15.0 Å². The second-order valence-corrected chi connectivity index (χ2v) is 6.64. The van der Waals surface area contributed by atoms with Gasteiger partial charge in [-0.15, -0.1) is 0 Å². The second-order valence-electron chi connectivity index (χ2n) is 6.64. The maximum atomic E-state index is 14.1. The van der Waals surface area contributed by atoms with Crippen molar-refractivity contribution in [3.8, 4) is 22.6 Å². The van der Waals surface area contributed by atoms with Gasteiger partial charge in [0.25, 0.3) is 5.56 Å². The summed E-state index contributed by atoms with van der Waals surface area (Å²) >= 11 is 0. The van der Waals surface area contributed by atoms with Crippen molar-refractivity contribution in [2.24, 2.45) is 7.05 Å². The van der Waals surface area contributed by atoms with Crippen molar-refractivity contribution in [1.82, 2.24) is 14.3 Å². The van der Waals surface area contributed by atoms with Crippen LogP contribution in [0.2, 0.25) is 0 Å². The van der Waals surface area contributed by atoms with Crippen molar-refractivity contribution in [3.63, 3.8) is 0 Å². The molecule has 6 nitrogen and oxygen atoms in total. The molecule has 4 aromatic rings. The number of rotatable bonds is 4. The first-order valence-corrected chi connectivity index (χ1v) is 8.97. The highest BCUT2D eigenvalue weighted by atomic mass is 19.1. The molecule has 0 saturated heterocycles. The molecule has 4 rings (SSSR count). The van der Waals surface area contributed by atoms with Gasteiger partial charge in [0.1, 0.15) is 11.6 Å². The molecule has 0 saturated carbocycles. The van der Waals surface area contributed by atoms with Crippen molar-refractivity contribution < 1.29 is 13.5 Å². The number of nitrogens with two attached hydrogens (primary N) is 1. The van der Waals surface area contributed by atoms with E-state index in [2.05, 4.69) is 5.10 Å². The fourth-order valence-corrected chi connectivity index (χ4v) is 3.17. The van der Waals surface area contributed by atoms with Crippen molar-refractivity contribution in [2.45, 2.75) is 13.5 Å². The number of ether oxygens (including phenoxy) is 1. The smallest absolute Gasteiger partial charge is 0.278 e. The number of nitrogens with zero attached hydrogens (tertiary/aromatic N) is 3. The van der Waals surface area contributed by atoms with Crippen LogP contribution in [0, 0.1) is 11.6 Å². The minimum absolute atomic E-state index is 0.122. The van der Waals surface area contributed by atoms with E-state index in [9.17, 15) is 13.6 Å². The van der Waals surface area contributed by atoms with Crippen LogP contribution in [0.4, 0.5) is 14.5 Å². The Morgan fingerprint density at radius 3 is 2.55 bits per heavy atom. The Morgan fingerprint density at radius 2 is 1.83 bits per heavy atom. The Bertz CT molecular complexity index is 1290. The van der Waals surface area contributed by atoms with E-state index in [1.54, 1.807) is 42.3 Å². The van der Waals surface area contributed by atoms with Crippen LogP contribution in [0.5, 0.6) is 11.5 Å². The Hall–Kier alpha value is -3.68. The molecule has 2 aromatic carbocycles. The average Bonchev–Trinajstić information content (AvgIpc) is 3.13. The molecular formula is C21H18F2N4O2. The molecule has 0 unspecified atom stereocenters. The number of aryl methyl sites for hydroxylation is 2. The molecule has 0 fully saturated rings. The Kier molecular flexibility index (Phi) is 4.54. The number of fused-ring (bicyclic) bond motifs is 1. The number of halogens is 2. The normalized spacial score (nSPS) is 11.2. The summed E-state index contributed by atoms with van der Waals surface area (Å²) in [5.74, 6) is -1.33. The largest absolute Gasteiger partial charge is 0.454 e. The summed E-state index contributed by atoms with van der Waals surface area (Å²) in [6.07, 6.45) is 3.44. The molecule has 29 heavy (non-hydrogen) atoms. The molecule has 0 spiro atoms. The standard InChI is InChI=1S/C21H18F2N4O2/c1-3-27-11-16-15(10-26(2)21(28)20(16)25-27)14-9-13(24)5-7-18(14)29-19-6-4-12(22)8-17(19)23/h4-11H,3,24H2,1-2H3. The molecule has 2 N–H and O–H groups in total. The predicted molar refractivity (Wildman–Crippen MR) is 107 cm³/mol. The summed E-state index contributed by atoms with van der Waals surface area (Å²) in [5, 5.41) is 4.98. The van der Waals surface area contributed by atoms with E-state index in [0.29, 0.717) is 40.0 Å². The van der Waals surface area contributed by atoms with Crippen molar-refractivity contribution >= 4 is 16.6 Å². The third kappa shape index (κ3) is 3.33. The minimum atomic E-state index is -0.822. The number of pyridine rings is 1. The number of anilines is 1. The maximum Gasteiger partial charge on any atom is 0.278 e. The van der Waals surface area contributed by atoms with Crippen molar-refractivity contribution in [2.75, 3.05) is 5.73 Å². The summed E-state index contributed by atoms with van der Waals surface area (Å²) in [5.41, 5.74) is 7.75. The van der Waals surface area contributed by atoms with E-state index >= 15 is 0 Å². The van der Waals surface area contributed by atoms with E-state index in [0.717, 1.165) is 12.1 Å². The first-order chi connectivity index (χ1) is 13.9. The number of hydrogen-bond acceptors (Lipinski definition) is 4. The predicted octanol–water partition coefficient (Wildman–Crippen LogP) is 4.07. The van der Waals surface area contributed by atoms with Crippen LogP contribution in [-0.4, -0.2) is 14.3 Å². The monoisotopic (exact) mass is 396 g/mol. The van der Waals surface area contributed by atoms with Crippen LogP contribution in [-0.2, 0) is 13.6 Å². The molecule has 0 aliphatic rings. The van der Waals surface area contributed by atoms with Crippen LogP contribution in [0.15, 0.2) is 53.6 Å². The third-order valence-corrected chi connectivity index (χ3v) is 4.63. The fourth-order valence-electron chi connectivity index (χ4n) is 3.17. The van der Waals surface area contributed by atoms with Gasteiger partial charge in [-0.2, -0.15) is 5.10 Å². The molecular weight excluding hydrogens is 378 g/mol. The summed E-state index contributed by atoms with van der Waals surface area (Å²) < 4.78 is 36.2. The number of nitrogen functional groups attached to an aromatic ring is 1. The lowest BCUT2D eigenvalue weighted by molar-refractivity contribution is 0.439. The van der Waals surface area contributed by atoms with Gasteiger partial charge in [-0.1, -0.05) is 0 Å². The van der Waals surface area contributed by atoms with Gasteiger partial charge in [0.05, 0.1) is 0 Å². The lowest BCUT2D eigenvalue weighted by Crippen LogP contribution is -2.17. The molecule has 0 aliphatic carbocycles. The van der Waals surface area contributed by atoms with E-state index in [4.69, 9.17) is 10.5 Å². The Labute approximate surface area is 164 Å². The average molecular weight is 396 g/mol. The quantitative estimate of drug-likeness (QED) is 0.528. The van der Waals surface area contributed by atoms with Gasteiger partial charge in [0, 0.05) is 54.3 Å². The van der Waals surface area contributed by atoms with Crippen molar-refractivity contribution in [1.29, 1.82) is 0 Å². The topological polar surface area (TPSA) is 75.1 Å². The molecule has 0 bridgehead atoms. The van der Waals surface area contributed by atoms with Crippen molar-refractivity contribution in [3.05, 3.63) is 70.8 Å². The minimum Gasteiger partial charge on any atom is -0.454 e. The number of hydrogen-bond donors (Lipinski definition) is 1. The van der Waals surface area contributed by atoms with Gasteiger partial charge in [0.2, 0.25) is 0 Å². The third-order valence-electron chi connectivity index (χ3n) is 4.63. The molecule has 0 radical (unpaired) electrons. The Balaban J connectivity index is 1.94. The number of aromatic nitrogens is 3. The summed E-state index contributed by atoms with van der Waals surface area (Å²) in [6, 6.07) is 7.99. The highest BCUT2D eigenvalue weighted by molar-refractivity contribution is 5.95. The highest BCUT2D eigenvalue weighted by Gasteiger charge is 2.18. The van der Waals surface area contributed by atoms with E-state index in [1.807, 2.05) is 6.92 Å². The Morgan fingerprint density at radius 1 is 1.07 bits per heavy atom. The molecule has 0 aliphatic heterocycles. The molecule has 0 amide bonds. The maximum absolute atomic E-state index is 14.1. The second kappa shape index (κ2) is 7.05. The van der Waals surface area contributed by atoms with Gasteiger partial charge in [-0.3, -0.25) is 9.48 Å². The first kappa shape index (κ1) is 18.7. The van der Waals surface area contributed by atoms with Crippen LogP contribution >= 0.6 is 0 Å². The summed E-state index contributed by atoms with van der Waals surface area (Å²) in [4.78, 5) is 12.5. The van der Waals surface area contributed by atoms with Gasteiger partial charge >= 0.3 is 0 Å². The summed E-state index contributed by atoms with van der Waals surface area (Å²) in [6.45, 7) is 2.51. The number of benzene rings is 2.